The van der Waals surface area contributed by atoms with E-state index in [0.29, 0.717) is 10.9 Å². The van der Waals surface area contributed by atoms with Gasteiger partial charge in [0.25, 0.3) is 0 Å². The third kappa shape index (κ3) is 3.61. The van der Waals surface area contributed by atoms with Crippen molar-refractivity contribution in [1.82, 2.24) is 0 Å². The molecule has 6 nitrogen and oxygen atoms in total. The zero-order valence-electron chi connectivity index (χ0n) is 11.4. The topological polar surface area (TPSA) is 85.2 Å². The Morgan fingerprint density at radius 1 is 1.29 bits per heavy atom. The van der Waals surface area contributed by atoms with Crippen LogP contribution in [0, 0.1) is 0 Å². The monoisotopic (exact) mass is 360 g/mol. The van der Waals surface area contributed by atoms with E-state index in [9.17, 15) is 15.0 Å². The second-order valence-corrected chi connectivity index (χ2v) is 5.30. The molecular formula is C14H17BrO6. The summed E-state index contributed by atoms with van der Waals surface area (Å²) in [6.07, 6.45) is -5.16. The Balaban J connectivity index is 2.11. The molecule has 1 aromatic carbocycles. The smallest absolute Gasteiger partial charge is 0.338 e. The van der Waals surface area contributed by atoms with Crippen molar-refractivity contribution in [3.63, 3.8) is 0 Å². The molecule has 7 heteroatoms. The van der Waals surface area contributed by atoms with E-state index in [2.05, 4.69) is 15.9 Å². The Morgan fingerprint density at radius 3 is 2.52 bits per heavy atom. The van der Waals surface area contributed by atoms with E-state index < -0.39 is 36.7 Å². The molecule has 1 aliphatic heterocycles. The van der Waals surface area contributed by atoms with Gasteiger partial charge in [0.1, 0.15) is 18.3 Å². The van der Waals surface area contributed by atoms with Crippen molar-refractivity contribution < 1.29 is 29.2 Å². The average Bonchev–Trinajstić information content (AvgIpc) is 2.53. The van der Waals surface area contributed by atoms with Gasteiger partial charge in [-0.2, -0.15) is 0 Å². The van der Waals surface area contributed by atoms with Gasteiger partial charge >= 0.3 is 5.97 Å². The molecule has 1 aliphatic rings. The van der Waals surface area contributed by atoms with Gasteiger partial charge < -0.3 is 24.4 Å². The van der Waals surface area contributed by atoms with Crippen molar-refractivity contribution >= 4 is 21.9 Å². The number of benzene rings is 1. The van der Waals surface area contributed by atoms with Gasteiger partial charge in [-0.15, -0.1) is 0 Å². The van der Waals surface area contributed by atoms with Crippen LogP contribution in [-0.2, 0) is 14.2 Å². The third-order valence-corrected chi connectivity index (χ3v) is 3.92. The molecule has 2 N–H and O–H groups in total. The Kier molecular flexibility index (Phi) is 5.72. The standard InChI is InChI=1S/C14H17BrO6/c1-19-14-11(17)10(16)12(9(7-15)20-14)21-13(18)8-5-3-2-4-6-8/h2-6,9-12,14,16-17H,7H2,1H3/t9-,10+,11-,12+,14-/m1/s1. The van der Waals surface area contributed by atoms with Crippen molar-refractivity contribution in [2.45, 2.75) is 30.7 Å². The molecule has 21 heavy (non-hydrogen) atoms. The summed E-state index contributed by atoms with van der Waals surface area (Å²) in [5.41, 5.74) is 0.362. The normalized spacial score (nSPS) is 32.7. The van der Waals surface area contributed by atoms with Gasteiger partial charge in [0.05, 0.1) is 5.56 Å². The van der Waals surface area contributed by atoms with Gasteiger partial charge in [-0.3, -0.25) is 0 Å². The van der Waals surface area contributed by atoms with Crippen LogP contribution < -0.4 is 0 Å². The van der Waals surface area contributed by atoms with Crippen LogP contribution in [0.2, 0.25) is 0 Å². The number of aliphatic hydroxyl groups is 2. The molecule has 0 amide bonds. The molecule has 0 bridgehead atoms. The van der Waals surface area contributed by atoms with Gasteiger partial charge in [-0.1, -0.05) is 34.1 Å². The van der Waals surface area contributed by atoms with E-state index in [4.69, 9.17) is 14.2 Å². The second-order valence-electron chi connectivity index (χ2n) is 4.65. The lowest BCUT2D eigenvalue weighted by Gasteiger charge is -2.40. The molecule has 0 saturated carbocycles. The highest BCUT2D eigenvalue weighted by molar-refractivity contribution is 9.09. The minimum Gasteiger partial charge on any atom is -0.453 e. The fourth-order valence-electron chi connectivity index (χ4n) is 2.14. The number of carbonyl (C=O) groups excluding carboxylic acids is 1. The van der Waals surface area contributed by atoms with Crippen LogP contribution in [0.1, 0.15) is 10.4 Å². The van der Waals surface area contributed by atoms with Crippen LogP contribution in [0.5, 0.6) is 0 Å². The highest BCUT2D eigenvalue weighted by atomic mass is 79.9. The van der Waals surface area contributed by atoms with Crippen LogP contribution in [-0.4, -0.2) is 59.3 Å². The quantitative estimate of drug-likeness (QED) is 0.607. The summed E-state index contributed by atoms with van der Waals surface area (Å²) in [4.78, 5) is 12.1. The maximum Gasteiger partial charge on any atom is 0.338 e. The fourth-order valence-corrected chi connectivity index (χ4v) is 2.66. The number of hydrogen-bond acceptors (Lipinski definition) is 6. The van der Waals surface area contributed by atoms with Gasteiger partial charge in [0, 0.05) is 12.4 Å². The number of halogens is 1. The average molecular weight is 361 g/mol. The molecule has 116 valence electrons. The first kappa shape index (κ1) is 16.4. The number of methoxy groups -OCH3 is 1. The van der Waals surface area contributed by atoms with E-state index in [-0.39, 0.29) is 0 Å². The van der Waals surface area contributed by atoms with E-state index in [0.717, 1.165) is 0 Å². The zero-order valence-corrected chi connectivity index (χ0v) is 13.0. The summed E-state index contributed by atoms with van der Waals surface area (Å²) >= 11 is 3.24. The highest BCUT2D eigenvalue weighted by Gasteiger charge is 2.46. The van der Waals surface area contributed by atoms with Crippen molar-refractivity contribution in [2.24, 2.45) is 0 Å². The number of ether oxygens (including phenoxy) is 3. The van der Waals surface area contributed by atoms with Crippen LogP contribution >= 0.6 is 15.9 Å². The summed E-state index contributed by atoms with van der Waals surface area (Å²) in [5.74, 6) is -0.586. The number of esters is 1. The van der Waals surface area contributed by atoms with Gasteiger partial charge in [-0.25, -0.2) is 4.79 Å². The van der Waals surface area contributed by atoms with E-state index in [1.165, 1.54) is 7.11 Å². The third-order valence-electron chi connectivity index (χ3n) is 3.28. The second kappa shape index (κ2) is 7.33. The number of carbonyl (C=O) groups is 1. The lowest BCUT2D eigenvalue weighted by atomic mass is 9.99. The van der Waals surface area contributed by atoms with Crippen molar-refractivity contribution in [1.29, 1.82) is 0 Å². The van der Waals surface area contributed by atoms with Crippen LogP contribution in [0.15, 0.2) is 30.3 Å². The van der Waals surface area contributed by atoms with Gasteiger partial charge in [0.15, 0.2) is 12.4 Å². The summed E-state index contributed by atoms with van der Waals surface area (Å²) in [5, 5.41) is 20.3. The molecule has 2 rings (SSSR count). The Morgan fingerprint density at radius 2 is 1.95 bits per heavy atom. The first-order valence-electron chi connectivity index (χ1n) is 6.45. The van der Waals surface area contributed by atoms with Crippen molar-refractivity contribution in [2.75, 3.05) is 12.4 Å². The molecule has 1 aromatic rings. The largest absolute Gasteiger partial charge is 0.453 e. The molecule has 1 heterocycles. The molecular weight excluding hydrogens is 344 g/mol. The fraction of sp³-hybridized carbons (Fsp3) is 0.500. The number of alkyl halides is 1. The predicted octanol–water partition coefficient (Wildman–Crippen LogP) is 0.700. The summed E-state index contributed by atoms with van der Waals surface area (Å²) < 4.78 is 15.7. The van der Waals surface area contributed by atoms with E-state index >= 15 is 0 Å². The Bertz CT molecular complexity index is 466. The van der Waals surface area contributed by atoms with Crippen LogP contribution in [0.3, 0.4) is 0 Å². The molecule has 0 aromatic heterocycles. The highest BCUT2D eigenvalue weighted by Crippen LogP contribution is 2.26. The summed E-state index contributed by atoms with van der Waals surface area (Å²) in [6.45, 7) is 0. The first-order valence-corrected chi connectivity index (χ1v) is 7.57. The first-order chi connectivity index (χ1) is 10.1. The number of aliphatic hydroxyl groups excluding tert-OH is 2. The summed E-state index contributed by atoms with van der Waals surface area (Å²) in [6, 6.07) is 8.42. The molecule has 0 spiro atoms. The van der Waals surface area contributed by atoms with Crippen LogP contribution in [0.25, 0.3) is 0 Å². The summed E-state index contributed by atoms with van der Waals surface area (Å²) in [7, 11) is 1.36. The minimum atomic E-state index is -1.29. The molecule has 1 saturated heterocycles. The van der Waals surface area contributed by atoms with E-state index in [1.54, 1.807) is 30.3 Å². The maximum atomic E-state index is 12.1. The van der Waals surface area contributed by atoms with Crippen molar-refractivity contribution in [3.05, 3.63) is 35.9 Å². The van der Waals surface area contributed by atoms with Crippen LogP contribution in [0.4, 0.5) is 0 Å². The SMILES string of the molecule is CO[C@@H]1O[C@H](CBr)[C@H](OC(=O)c2ccccc2)[C@@H](O)[C@H]1O. The predicted molar refractivity (Wildman–Crippen MR) is 77.1 cm³/mol. The number of hydrogen-bond donors (Lipinski definition) is 2. The molecule has 0 aliphatic carbocycles. The maximum absolute atomic E-state index is 12.1. The Labute approximate surface area is 130 Å². The van der Waals surface area contributed by atoms with Gasteiger partial charge in [0.2, 0.25) is 0 Å². The molecule has 1 fully saturated rings. The minimum absolute atomic E-state index is 0.323. The van der Waals surface area contributed by atoms with Gasteiger partial charge in [-0.05, 0) is 12.1 Å². The lowest BCUT2D eigenvalue weighted by molar-refractivity contribution is -0.284. The Hall–Kier alpha value is -0.990. The lowest BCUT2D eigenvalue weighted by Crippen LogP contribution is -2.59. The van der Waals surface area contributed by atoms with E-state index in [1.807, 2.05) is 0 Å². The molecule has 0 radical (unpaired) electrons. The van der Waals surface area contributed by atoms with Crippen molar-refractivity contribution in [3.8, 4) is 0 Å². The molecule has 0 unspecified atom stereocenters. The molecule has 5 atom stereocenters. The number of rotatable bonds is 4. The zero-order chi connectivity index (χ0) is 15.4.